The van der Waals surface area contributed by atoms with Crippen molar-refractivity contribution in [1.82, 2.24) is 20.3 Å². The standard InChI is InChI=1S/C19H18N4/c1-12-7-17(18-8-14-5-6-20-11-19(14)23-18)22-10-16(12)15-4-3-13(2)21-9-15/h3-11,13,21,23H,1-2H3. The van der Waals surface area contributed by atoms with Crippen LogP contribution in [0.3, 0.4) is 0 Å². The third kappa shape index (κ3) is 2.52. The van der Waals surface area contributed by atoms with Crippen molar-refractivity contribution in [3.63, 3.8) is 0 Å². The monoisotopic (exact) mass is 302 g/mol. The minimum atomic E-state index is 0.381. The second kappa shape index (κ2) is 5.39. The van der Waals surface area contributed by atoms with E-state index in [0.29, 0.717) is 6.04 Å². The van der Waals surface area contributed by atoms with Gasteiger partial charge in [-0.1, -0.05) is 12.2 Å². The number of allylic oxidation sites excluding steroid dienone is 2. The Morgan fingerprint density at radius 1 is 1.17 bits per heavy atom. The van der Waals surface area contributed by atoms with Crippen molar-refractivity contribution in [2.24, 2.45) is 0 Å². The highest BCUT2D eigenvalue weighted by Crippen LogP contribution is 2.26. The molecule has 4 rings (SSSR count). The normalized spacial score (nSPS) is 17.1. The van der Waals surface area contributed by atoms with Gasteiger partial charge in [-0.3, -0.25) is 9.97 Å². The van der Waals surface area contributed by atoms with Gasteiger partial charge in [0.25, 0.3) is 0 Å². The minimum absolute atomic E-state index is 0.381. The fourth-order valence-corrected chi connectivity index (χ4v) is 2.86. The molecule has 114 valence electrons. The summed E-state index contributed by atoms with van der Waals surface area (Å²) in [6.45, 7) is 4.25. The van der Waals surface area contributed by atoms with Gasteiger partial charge < -0.3 is 10.3 Å². The summed E-state index contributed by atoms with van der Waals surface area (Å²) < 4.78 is 0. The van der Waals surface area contributed by atoms with E-state index in [1.54, 1.807) is 6.20 Å². The number of nitrogens with zero attached hydrogens (tertiary/aromatic N) is 2. The first-order valence-electron chi connectivity index (χ1n) is 7.75. The molecular formula is C19H18N4. The van der Waals surface area contributed by atoms with E-state index in [-0.39, 0.29) is 0 Å². The Bertz CT molecular complexity index is 900. The summed E-state index contributed by atoms with van der Waals surface area (Å²) in [5.41, 5.74) is 6.52. The average molecular weight is 302 g/mol. The molecule has 3 aromatic heterocycles. The topological polar surface area (TPSA) is 53.6 Å². The molecule has 0 aromatic carbocycles. The number of fused-ring (bicyclic) bond motifs is 1. The SMILES string of the molecule is Cc1cc(-c2cc3ccncc3[nH]2)ncc1C1=CNC(C)C=C1. The quantitative estimate of drug-likeness (QED) is 0.756. The molecule has 1 aliphatic rings. The molecule has 1 aliphatic heterocycles. The van der Waals surface area contributed by atoms with E-state index < -0.39 is 0 Å². The summed E-state index contributed by atoms with van der Waals surface area (Å²) in [4.78, 5) is 12.2. The van der Waals surface area contributed by atoms with Crippen LogP contribution in [0.5, 0.6) is 0 Å². The number of aromatic amines is 1. The third-order valence-corrected chi connectivity index (χ3v) is 4.19. The first-order chi connectivity index (χ1) is 11.2. The number of aryl methyl sites for hydroxylation is 1. The zero-order chi connectivity index (χ0) is 15.8. The molecule has 0 bridgehead atoms. The molecule has 1 atom stereocenters. The van der Waals surface area contributed by atoms with Gasteiger partial charge in [-0.05, 0) is 43.2 Å². The van der Waals surface area contributed by atoms with Crippen molar-refractivity contribution in [3.8, 4) is 11.4 Å². The maximum atomic E-state index is 4.65. The number of dihydropyridines is 1. The number of aromatic nitrogens is 3. The first kappa shape index (κ1) is 13.8. The number of nitrogens with one attached hydrogen (secondary N) is 2. The molecule has 4 heterocycles. The van der Waals surface area contributed by atoms with Crippen LogP contribution < -0.4 is 5.32 Å². The summed E-state index contributed by atoms with van der Waals surface area (Å²) in [6, 6.07) is 6.62. The molecule has 4 heteroatoms. The molecule has 0 radical (unpaired) electrons. The molecule has 0 spiro atoms. The lowest BCUT2D eigenvalue weighted by Crippen LogP contribution is -2.20. The maximum Gasteiger partial charge on any atom is 0.0867 e. The van der Waals surface area contributed by atoms with Crippen LogP contribution in [0.1, 0.15) is 18.1 Å². The molecule has 0 aliphatic carbocycles. The highest BCUT2D eigenvalue weighted by Gasteiger charge is 2.11. The summed E-state index contributed by atoms with van der Waals surface area (Å²) >= 11 is 0. The van der Waals surface area contributed by atoms with E-state index in [2.05, 4.69) is 64.6 Å². The van der Waals surface area contributed by atoms with Gasteiger partial charge in [0, 0.05) is 35.6 Å². The Morgan fingerprint density at radius 2 is 2.09 bits per heavy atom. The minimum Gasteiger partial charge on any atom is -0.384 e. The average Bonchev–Trinajstić information content (AvgIpc) is 3.00. The van der Waals surface area contributed by atoms with Crippen molar-refractivity contribution in [2.75, 3.05) is 0 Å². The number of pyridine rings is 2. The number of rotatable bonds is 2. The van der Waals surface area contributed by atoms with E-state index in [0.717, 1.165) is 27.9 Å². The van der Waals surface area contributed by atoms with Crippen molar-refractivity contribution in [2.45, 2.75) is 19.9 Å². The molecule has 3 aromatic rings. The van der Waals surface area contributed by atoms with Gasteiger partial charge in [-0.25, -0.2) is 0 Å². The molecule has 4 nitrogen and oxygen atoms in total. The third-order valence-electron chi connectivity index (χ3n) is 4.19. The van der Waals surface area contributed by atoms with E-state index in [4.69, 9.17) is 0 Å². The van der Waals surface area contributed by atoms with Gasteiger partial charge in [0.15, 0.2) is 0 Å². The zero-order valence-corrected chi connectivity index (χ0v) is 13.2. The van der Waals surface area contributed by atoms with Crippen LogP contribution in [0.4, 0.5) is 0 Å². The Labute approximate surface area is 135 Å². The van der Waals surface area contributed by atoms with Gasteiger partial charge in [0.2, 0.25) is 0 Å². The van der Waals surface area contributed by atoms with Crippen LogP contribution >= 0.6 is 0 Å². The highest BCUT2D eigenvalue weighted by atomic mass is 14.9. The lowest BCUT2D eigenvalue weighted by Gasteiger charge is -2.16. The molecule has 2 N–H and O–H groups in total. The van der Waals surface area contributed by atoms with Gasteiger partial charge in [0.1, 0.15) is 0 Å². The molecular weight excluding hydrogens is 284 g/mol. The second-order valence-electron chi connectivity index (χ2n) is 5.94. The molecule has 1 unspecified atom stereocenters. The fraction of sp³-hybridized carbons (Fsp3) is 0.158. The van der Waals surface area contributed by atoms with Crippen LogP contribution in [-0.4, -0.2) is 21.0 Å². The van der Waals surface area contributed by atoms with Crippen LogP contribution in [-0.2, 0) is 0 Å². The zero-order valence-electron chi connectivity index (χ0n) is 13.2. The van der Waals surface area contributed by atoms with Crippen molar-refractivity contribution >= 4 is 16.5 Å². The molecule has 0 saturated heterocycles. The van der Waals surface area contributed by atoms with E-state index >= 15 is 0 Å². The predicted molar refractivity (Wildman–Crippen MR) is 93.8 cm³/mol. The molecule has 0 fully saturated rings. The van der Waals surface area contributed by atoms with E-state index in [1.165, 1.54) is 11.1 Å². The number of hydrogen-bond donors (Lipinski definition) is 2. The maximum absolute atomic E-state index is 4.65. The highest BCUT2D eigenvalue weighted by molar-refractivity contribution is 5.85. The van der Waals surface area contributed by atoms with Gasteiger partial charge in [-0.2, -0.15) is 0 Å². The molecule has 23 heavy (non-hydrogen) atoms. The number of H-pyrrole nitrogens is 1. The van der Waals surface area contributed by atoms with Crippen LogP contribution in [0.25, 0.3) is 27.9 Å². The van der Waals surface area contributed by atoms with Crippen molar-refractivity contribution < 1.29 is 0 Å². The first-order valence-corrected chi connectivity index (χ1v) is 7.75. The van der Waals surface area contributed by atoms with Crippen LogP contribution in [0, 0.1) is 6.92 Å². The van der Waals surface area contributed by atoms with E-state index in [1.807, 2.05) is 18.5 Å². The van der Waals surface area contributed by atoms with Gasteiger partial charge in [0.05, 0.1) is 23.1 Å². The summed E-state index contributed by atoms with van der Waals surface area (Å²) in [5, 5.41) is 4.48. The summed E-state index contributed by atoms with van der Waals surface area (Å²) in [5.74, 6) is 0. The van der Waals surface area contributed by atoms with E-state index in [9.17, 15) is 0 Å². The Hall–Kier alpha value is -2.88. The lowest BCUT2D eigenvalue weighted by molar-refractivity contribution is 0.763. The van der Waals surface area contributed by atoms with Gasteiger partial charge >= 0.3 is 0 Å². The Kier molecular flexibility index (Phi) is 3.23. The largest absolute Gasteiger partial charge is 0.384 e. The van der Waals surface area contributed by atoms with Crippen LogP contribution in [0.15, 0.2) is 55.1 Å². The Morgan fingerprint density at radius 3 is 2.83 bits per heavy atom. The lowest BCUT2D eigenvalue weighted by atomic mass is 10.00. The summed E-state index contributed by atoms with van der Waals surface area (Å²) in [6.07, 6.45) is 12.0. The smallest absolute Gasteiger partial charge is 0.0867 e. The van der Waals surface area contributed by atoms with Crippen LogP contribution in [0.2, 0.25) is 0 Å². The fourth-order valence-electron chi connectivity index (χ4n) is 2.86. The van der Waals surface area contributed by atoms with Gasteiger partial charge in [-0.15, -0.1) is 0 Å². The number of hydrogen-bond acceptors (Lipinski definition) is 3. The molecule has 0 saturated carbocycles. The summed E-state index contributed by atoms with van der Waals surface area (Å²) in [7, 11) is 0. The Balaban J connectivity index is 1.72. The van der Waals surface area contributed by atoms with Crippen molar-refractivity contribution in [1.29, 1.82) is 0 Å². The second-order valence-corrected chi connectivity index (χ2v) is 5.94. The molecule has 0 amide bonds. The van der Waals surface area contributed by atoms with Crippen molar-refractivity contribution in [3.05, 3.63) is 66.3 Å². The predicted octanol–water partition coefficient (Wildman–Crippen LogP) is 3.82.